The fraction of sp³-hybridized carbons (Fsp3) is 0.368. The molecule has 1 fully saturated rings. The van der Waals surface area contributed by atoms with Crippen molar-refractivity contribution in [2.75, 3.05) is 13.2 Å². The van der Waals surface area contributed by atoms with Gasteiger partial charge in [0.25, 0.3) is 0 Å². The first-order chi connectivity index (χ1) is 11.7. The van der Waals surface area contributed by atoms with Crippen LogP contribution in [0.1, 0.15) is 24.8 Å². The lowest BCUT2D eigenvalue weighted by atomic mass is 9.77. The summed E-state index contributed by atoms with van der Waals surface area (Å²) in [7, 11) is 0. The molecule has 2 heterocycles. The quantitative estimate of drug-likeness (QED) is 0.756. The topological polar surface area (TPSA) is 74.2 Å². The Balaban J connectivity index is 1.72. The zero-order valence-corrected chi connectivity index (χ0v) is 13.8. The largest absolute Gasteiger partial charge is 0.395 e. The van der Waals surface area contributed by atoms with E-state index in [1.807, 2.05) is 25.3 Å². The smallest absolute Gasteiger partial charge is 0.219 e. The molecule has 0 saturated carbocycles. The number of pyridine rings is 1. The van der Waals surface area contributed by atoms with Gasteiger partial charge in [0.05, 0.1) is 6.61 Å². The summed E-state index contributed by atoms with van der Waals surface area (Å²) in [6, 6.07) is 12.5. The first-order valence-corrected chi connectivity index (χ1v) is 8.37. The molecule has 0 radical (unpaired) electrons. The van der Waals surface area contributed by atoms with Crippen LogP contribution in [0.25, 0.3) is 11.1 Å². The monoisotopic (exact) mass is 325 g/mol. The zero-order valence-electron chi connectivity index (χ0n) is 13.8. The molecule has 126 valence electrons. The molecule has 1 saturated heterocycles. The minimum absolute atomic E-state index is 0.0396. The molecule has 0 aliphatic carbocycles. The van der Waals surface area contributed by atoms with E-state index in [9.17, 15) is 9.90 Å². The van der Waals surface area contributed by atoms with E-state index in [4.69, 9.17) is 0 Å². The number of carbonyl (C=O) groups is 1. The Hall–Kier alpha value is -2.24. The zero-order chi connectivity index (χ0) is 16.9. The molecule has 5 heteroatoms. The summed E-state index contributed by atoms with van der Waals surface area (Å²) >= 11 is 0. The molecule has 1 amide bonds. The van der Waals surface area contributed by atoms with E-state index in [1.165, 1.54) is 5.56 Å². The van der Waals surface area contributed by atoms with Gasteiger partial charge in [0.1, 0.15) is 0 Å². The molecule has 1 aromatic heterocycles. The van der Waals surface area contributed by atoms with Crippen molar-refractivity contribution in [1.29, 1.82) is 0 Å². The Morgan fingerprint density at radius 3 is 2.62 bits per heavy atom. The van der Waals surface area contributed by atoms with E-state index >= 15 is 0 Å². The van der Waals surface area contributed by atoms with Gasteiger partial charge in [-0.05, 0) is 22.8 Å². The van der Waals surface area contributed by atoms with Crippen LogP contribution in [0.4, 0.5) is 0 Å². The van der Waals surface area contributed by atoms with Crippen LogP contribution >= 0.6 is 0 Å². The number of aliphatic hydroxyl groups excluding tert-OH is 1. The van der Waals surface area contributed by atoms with Crippen LogP contribution in [0.2, 0.25) is 0 Å². The highest BCUT2D eigenvalue weighted by Gasteiger charge is 2.40. The van der Waals surface area contributed by atoms with Gasteiger partial charge in [-0.15, -0.1) is 0 Å². The minimum Gasteiger partial charge on any atom is -0.395 e. The molecule has 0 unspecified atom stereocenters. The fourth-order valence-electron chi connectivity index (χ4n) is 3.24. The van der Waals surface area contributed by atoms with Crippen molar-refractivity contribution in [3.05, 3.63) is 54.4 Å². The number of aliphatic hydroxyl groups is 1. The van der Waals surface area contributed by atoms with E-state index in [0.717, 1.165) is 11.1 Å². The van der Waals surface area contributed by atoms with Crippen LogP contribution in [0.5, 0.6) is 0 Å². The first kappa shape index (κ1) is 16.6. The van der Waals surface area contributed by atoms with Crippen LogP contribution in [0.3, 0.4) is 0 Å². The average molecular weight is 325 g/mol. The predicted octanol–water partition coefficient (Wildman–Crippen LogP) is 1.69. The number of nitrogens with zero attached hydrogens (tertiary/aromatic N) is 1. The molecule has 3 N–H and O–H groups in total. The van der Waals surface area contributed by atoms with Crippen LogP contribution in [0, 0.1) is 0 Å². The standard InChI is InChI=1S/C19H23N3O2/c1-2-18(24)21-11-16-19(17(12-23)22-16)14-7-5-13(6-8-14)15-4-3-9-20-10-15/h3-10,16-17,19,22-23H,2,11-12H2,1H3,(H,21,24)/t16-,17+,19+/m0/s1. The fourth-order valence-corrected chi connectivity index (χ4v) is 3.24. The lowest BCUT2D eigenvalue weighted by Gasteiger charge is -2.46. The Labute approximate surface area is 142 Å². The summed E-state index contributed by atoms with van der Waals surface area (Å²) < 4.78 is 0. The third kappa shape index (κ3) is 3.47. The van der Waals surface area contributed by atoms with Gasteiger partial charge in [-0.3, -0.25) is 9.78 Å². The van der Waals surface area contributed by atoms with Crippen molar-refractivity contribution in [2.45, 2.75) is 31.3 Å². The van der Waals surface area contributed by atoms with Gasteiger partial charge in [-0.25, -0.2) is 0 Å². The number of hydrogen-bond donors (Lipinski definition) is 3. The van der Waals surface area contributed by atoms with E-state index in [2.05, 4.69) is 39.9 Å². The van der Waals surface area contributed by atoms with Crippen molar-refractivity contribution in [2.24, 2.45) is 0 Å². The summed E-state index contributed by atoms with van der Waals surface area (Å²) in [6.45, 7) is 2.51. The third-order valence-corrected chi connectivity index (χ3v) is 4.62. The molecule has 1 aromatic carbocycles. The van der Waals surface area contributed by atoms with Gasteiger partial charge in [-0.2, -0.15) is 0 Å². The molecular weight excluding hydrogens is 302 g/mol. The van der Waals surface area contributed by atoms with Crippen LogP contribution in [0.15, 0.2) is 48.8 Å². The highest BCUT2D eigenvalue weighted by atomic mass is 16.3. The molecule has 5 nitrogen and oxygen atoms in total. The van der Waals surface area contributed by atoms with E-state index in [-0.39, 0.29) is 30.5 Å². The number of benzene rings is 1. The molecule has 3 rings (SSSR count). The van der Waals surface area contributed by atoms with E-state index in [0.29, 0.717) is 13.0 Å². The van der Waals surface area contributed by atoms with Gasteiger partial charge >= 0.3 is 0 Å². The molecule has 1 aliphatic heterocycles. The van der Waals surface area contributed by atoms with Crippen molar-refractivity contribution in [1.82, 2.24) is 15.6 Å². The van der Waals surface area contributed by atoms with Crippen molar-refractivity contribution in [3.63, 3.8) is 0 Å². The van der Waals surface area contributed by atoms with Crippen molar-refractivity contribution >= 4 is 5.91 Å². The maximum atomic E-state index is 11.5. The number of hydrogen-bond acceptors (Lipinski definition) is 4. The second kappa shape index (κ2) is 7.55. The van der Waals surface area contributed by atoms with Gasteiger partial charge in [0, 0.05) is 43.4 Å². The maximum absolute atomic E-state index is 11.5. The van der Waals surface area contributed by atoms with Crippen molar-refractivity contribution < 1.29 is 9.90 Å². The minimum atomic E-state index is 0.0396. The predicted molar refractivity (Wildman–Crippen MR) is 93.5 cm³/mol. The van der Waals surface area contributed by atoms with Crippen LogP contribution in [-0.2, 0) is 4.79 Å². The number of nitrogens with one attached hydrogen (secondary N) is 2. The van der Waals surface area contributed by atoms with Gasteiger partial charge < -0.3 is 15.7 Å². The van der Waals surface area contributed by atoms with Crippen molar-refractivity contribution in [3.8, 4) is 11.1 Å². The Kier molecular flexibility index (Phi) is 5.23. The number of amides is 1. The Bertz CT molecular complexity index is 673. The van der Waals surface area contributed by atoms with E-state index < -0.39 is 0 Å². The average Bonchev–Trinajstić information content (AvgIpc) is 2.62. The highest BCUT2D eigenvalue weighted by Crippen LogP contribution is 2.33. The first-order valence-electron chi connectivity index (χ1n) is 8.37. The van der Waals surface area contributed by atoms with Crippen LogP contribution in [-0.4, -0.2) is 41.2 Å². The third-order valence-electron chi connectivity index (χ3n) is 4.62. The molecular formula is C19H23N3O2. The second-order valence-corrected chi connectivity index (χ2v) is 6.11. The number of aromatic nitrogens is 1. The number of rotatable bonds is 6. The summed E-state index contributed by atoms with van der Waals surface area (Å²) in [5, 5.41) is 15.8. The molecule has 3 atom stereocenters. The SMILES string of the molecule is CCC(=O)NC[C@@H]1N[C@H](CO)[C@@H]1c1ccc(-c2cccnc2)cc1. The highest BCUT2D eigenvalue weighted by molar-refractivity contribution is 5.75. The lowest BCUT2D eigenvalue weighted by molar-refractivity contribution is -0.121. The lowest BCUT2D eigenvalue weighted by Crippen LogP contribution is -2.64. The molecule has 0 spiro atoms. The normalized spacial score (nSPS) is 22.7. The van der Waals surface area contributed by atoms with Gasteiger partial charge in [0.15, 0.2) is 0 Å². The molecule has 1 aliphatic rings. The van der Waals surface area contributed by atoms with Crippen LogP contribution < -0.4 is 10.6 Å². The van der Waals surface area contributed by atoms with E-state index in [1.54, 1.807) is 6.20 Å². The summed E-state index contributed by atoms with van der Waals surface area (Å²) in [6.07, 6.45) is 4.10. The Morgan fingerprint density at radius 2 is 2.00 bits per heavy atom. The summed E-state index contributed by atoms with van der Waals surface area (Å²) in [5.74, 6) is 0.255. The molecule has 0 bridgehead atoms. The Morgan fingerprint density at radius 1 is 1.21 bits per heavy atom. The summed E-state index contributed by atoms with van der Waals surface area (Å²) in [4.78, 5) is 15.6. The maximum Gasteiger partial charge on any atom is 0.219 e. The van der Waals surface area contributed by atoms with Gasteiger partial charge in [0.2, 0.25) is 5.91 Å². The molecule has 24 heavy (non-hydrogen) atoms. The molecule has 2 aromatic rings. The second-order valence-electron chi connectivity index (χ2n) is 6.11. The number of carbonyl (C=O) groups excluding carboxylic acids is 1. The summed E-state index contributed by atoms with van der Waals surface area (Å²) in [5.41, 5.74) is 3.38. The van der Waals surface area contributed by atoms with Gasteiger partial charge in [-0.1, -0.05) is 37.3 Å².